The van der Waals surface area contributed by atoms with Crippen LogP contribution < -0.4 is 4.74 Å². The summed E-state index contributed by atoms with van der Waals surface area (Å²) in [6.07, 6.45) is 1.49. The van der Waals surface area contributed by atoms with E-state index in [0.29, 0.717) is 0 Å². The Morgan fingerprint density at radius 2 is 1.86 bits per heavy atom. The van der Waals surface area contributed by atoms with E-state index in [4.69, 9.17) is 9.57 Å². The van der Waals surface area contributed by atoms with Crippen molar-refractivity contribution in [1.29, 1.82) is 0 Å². The molecule has 1 aliphatic rings. The average Bonchev–Trinajstić information content (AvgIpc) is 2.98. The number of methoxy groups -OCH3 is 1. The molecular weight excluding hydrogens is 269 g/mol. The van der Waals surface area contributed by atoms with E-state index >= 15 is 0 Å². The van der Waals surface area contributed by atoms with Gasteiger partial charge in [-0.15, -0.1) is 0 Å². The zero-order chi connectivity index (χ0) is 14.7. The Labute approximate surface area is 123 Å². The molecule has 0 fully saturated rings. The fourth-order valence-corrected chi connectivity index (χ4v) is 2.38. The summed E-state index contributed by atoms with van der Waals surface area (Å²) >= 11 is 0. The lowest BCUT2D eigenvalue weighted by Gasteiger charge is -2.08. The monoisotopic (exact) mass is 285 g/mol. The summed E-state index contributed by atoms with van der Waals surface area (Å²) in [6.45, 7) is 0. The molecule has 1 atom stereocenters. The van der Waals surface area contributed by atoms with Gasteiger partial charge in [-0.2, -0.15) is 0 Å². The van der Waals surface area contributed by atoms with Crippen molar-refractivity contribution in [2.75, 3.05) is 7.11 Å². The summed E-state index contributed by atoms with van der Waals surface area (Å²) in [6, 6.07) is 14.3. The van der Waals surface area contributed by atoms with E-state index in [2.05, 4.69) is 5.16 Å². The van der Waals surface area contributed by atoms with Crippen LogP contribution in [0.5, 0.6) is 5.75 Å². The Morgan fingerprint density at radius 3 is 2.52 bits per heavy atom. The molecule has 0 aliphatic carbocycles. The number of hydrogen-bond donors (Lipinski definition) is 0. The molecule has 1 aliphatic heterocycles. The van der Waals surface area contributed by atoms with Crippen molar-refractivity contribution in [3.63, 3.8) is 0 Å². The lowest BCUT2D eigenvalue weighted by Crippen LogP contribution is -2.11. The molecule has 0 saturated heterocycles. The van der Waals surface area contributed by atoms with Crippen LogP contribution in [-0.2, 0) is 11.3 Å². The molecule has 0 N–H and O–H groups in total. The molecular formula is C17H16FNO2. The van der Waals surface area contributed by atoms with Crippen LogP contribution in [0.25, 0.3) is 0 Å². The second-order valence-electron chi connectivity index (χ2n) is 5.03. The Balaban J connectivity index is 1.62. The van der Waals surface area contributed by atoms with Gasteiger partial charge in [0.15, 0.2) is 0 Å². The van der Waals surface area contributed by atoms with Crippen LogP contribution in [0, 0.1) is 5.82 Å². The van der Waals surface area contributed by atoms with Crippen LogP contribution >= 0.6 is 0 Å². The average molecular weight is 285 g/mol. The first kappa shape index (κ1) is 13.6. The molecule has 0 unspecified atom stereocenters. The van der Waals surface area contributed by atoms with Crippen molar-refractivity contribution < 1.29 is 14.0 Å². The largest absolute Gasteiger partial charge is 0.497 e. The number of benzene rings is 2. The molecule has 0 aromatic heterocycles. The number of nitrogens with zero attached hydrogens (tertiary/aromatic N) is 1. The molecule has 3 nitrogen and oxygen atoms in total. The molecule has 4 heteroatoms. The first-order chi connectivity index (χ1) is 10.2. The van der Waals surface area contributed by atoms with E-state index in [0.717, 1.165) is 35.4 Å². The maximum absolute atomic E-state index is 12.9. The topological polar surface area (TPSA) is 30.8 Å². The Morgan fingerprint density at radius 1 is 1.14 bits per heavy atom. The van der Waals surface area contributed by atoms with Crippen molar-refractivity contribution in [3.8, 4) is 5.75 Å². The normalized spacial score (nSPS) is 17.2. The van der Waals surface area contributed by atoms with Crippen LogP contribution in [0.2, 0.25) is 0 Å². The quantitative estimate of drug-likeness (QED) is 0.859. The van der Waals surface area contributed by atoms with E-state index in [1.54, 1.807) is 19.2 Å². The van der Waals surface area contributed by atoms with Gasteiger partial charge in [-0.1, -0.05) is 17.3 Å². The highest BCUT2D eigenvalue weighted by atomic mass is 19.1. The van der Waals surface area contributed by atoms with Gasteiger partial charge < -0.3 is 9.57 Å². The highest BCUT2D eigenvalue weighted by molar-refractivity contribution is 6.01. The highest BCUT2D eigenvalue weighted by Gasteiger charge is 2.22. The molecule has 2 aromatic carbocycles. The van der Waals surface area contributed by atoms with Crippen molar-refractivity contribution in [2.24, 2.45) is 5.16 Å². The number of ether oxygens (including phenoxy) is 1. The fraction of sp³-hybridized carbons (Fsp3) is 0.235. The van der Waals surface area contributed by atoms with Crippen LogP contribution in [0.15, 0.2) is 53.7 Å². The number of hydrogen-bond acceptors (Lipinski definition) is 3. The standard InChI is InChI=1S/C17H16FNO2/c1-20-15-8-4-13(5-9-15)17-11-16(21-19-17)10-12-2-6-14(18)7-3-12/h2-9,16H,10-11H2,1H3/t16-/m1/s1. The van der Waals surface area contributed by atoms with Crippen molar-refractivity contribution in [2.45, 2.75) is 18.9 Å². The summed E-state index contributed by atoms with van der Waals surface area (Å²) in [5.41, 5.74) is 3.02. The van der Waals surface area contributed by atoms with Gasteiger partial charge in [0, 0.05) is 12.8 Å². The first-order valence-corrected chi connectivity index (χ1v) is 6.86. The molecule has 2 aromatic rings. The van der Waals surface area contributed by atoms with Gasteiger partial charge in [0.25, 0.3) is 0 Å². The van der Waals surface area contributed by atoms with Crippen LogP contribution in [0.1, 0.15) is 17.5 Å². The van der Waals surface area contributed by atoms with Crippen molar-refractivity contribution in [3.05, 3.63) is 65.5 Å². The first-order valence-electron chi connectivity index (χ1n) is 6.86. The minimum absolute atomic E-state index is 0.00700. The summed E-state index contributed by atoms with van der Waals surface area (Å²) in [7, 11) is 1.64. The Bertz CT molecular complexity index is 635. The fourth-order valence-electron chi connectivity index (χ4n) is 2.38. The van der Waals surface area contributed by atoms with E-state index in [-0.39, 0.29) is 11.9 Å². The lowest BCUT2D eigenvalue weighted by molar-refractivity contribution is 0.0859. The molecule has 0 spiro atoms. The lowest BCUT2D eigenvalue weighted by atomic mass is 10.0. The molecule has 1 heterocycles. The number of halogens is 1. The second-order valence-corrected chi connectivity index (χ2v) is 5.03. The number of oxime groups is 1. The van der Waals surface area contributed by atoms with Crippen LogP contribution in [-0.4, -0.2) is 18.9 Å². The smallest absolute Gasteiger partial charge is 0.137 e. The molecule has 0 radical (unpaired) electrons. The summed E-state index contributed by atoms with van der Waals surface area (Å²) < 4.78 is 18.0. The van der Waals surface area contributed by atoms with Gasteiger partial charge in [0.2, 0.25) is 0 Å². The number of rotatable bonds is 4. The van der Waals surface area contributed by atoms with E-state index < -0.39 is 0 Å². The predicted molar refractivity (Wildman–Crippen MR) is 79.1 cm³/mol. The van der Waals surface area contributed by atoms with Gasteiger partial charge in [-0.05, 0) is 47.5 Å². The molecule has 0 bridgehead atoms. The Kier molecular flexibility index (Phi) is 3.86. The summed E-state index contributed by atoms with van der Waals surface area (Å²) in [4.78, 5) is 5.47. The minimum atomic E-state index is -0.221. The molecule has 0 saturated carbocycles. The summed E-state index contributed by atoms with van der Waals surface area (Å²) in [5, 5.41) is 4.16. The van der Waals surface area contributed by atoms with Crippen LogP contribution in [0.3, 0.4) is 0 Å². The van der Waals surface area contributed by atoms with E-state index in [1.165, 1.54) is 12.1 Å². The molecule has 21 heavy (non-hydrogen) atoms. The zero-order valence-corrected chi connectivity index (χ0v) is 11.8. The zero-order valence-electron chi connectivity index (χ0n) is 11.8. The second kappa shape index (κ2) is 5.95. The molecule has 3 rings (SSSR count). The minimum Gasteiger partial charge on any atom is -0.497 e. The van der Waals surface area contributed by atoms with Gasteiger partial charge in [-0.3, -0.25) is 0 Å². The van der Waals surface area contributed by atoms with E-state index in [1.807, 2.05) is 24.3 Å². The molecule has 108 valence electrons. The maximum atomic E-state index is 12.9. The van der Waals surface area contributed by atoms with Gasteiger partial charge in [0.1, 0.15) is 17.7 Å². The van der Waals surface area contributed by atoms with Crippen molar-refractivity contribution in [1.82, 2.24) is 0 Å². The third-order valence-electron chi connectivity index (χ3n) is 3.53. The molecule has 0 amide bonds. The highest BCUT2D eigenvalue weighted by Crippen LogP contribution is 2.21. The van der Waals surface area contributed by atoms with Gasteiger partial charge >= 0.3 is 0 Å². The Hall–Kier alpha value is -2.36. The van der Waals surface area contributed by atoms with Crippen molar-refractivity contribution >= 4 is 5.71 Å². The van der Waals surface area contributed by atoms with E-state index in [9.17, 15) is 4.39 Å². The summed E-state index contributed by atoms with van der Waals surface area (Å²) in [5.74, 6) is 0.599. The van der Waals surface area contributed by atoms with Gasteiger partial charge in [-0.25, -0.2) is 4.39 Å². The third kappa shape index (κ3) is 3.21. The maximum Gasteiger partial charge on any atom is 0.137 e. The third-order valence-corrected chi connectivity index (χ3v) is 3.53. The van der Waals surface area contributed by atoms with Gasteiger partial charge in [0.05, 0.1) is 12.8 Å². The van der Waals surface area contributed by atoms with Crippen LogP contribution in [0.4, 0.5) is 4.39 Å². The SMILES string of the molecule is COc1ccc(C2=NO[C@H](Cc3ccc(F)cc3)C2)cc1. The predicted octanol–water partition coefficient (Wildman–Crippen LogP) is 3.57.